The number of rotatable bonds is 4. The van der Waals surface area contributed by atoms with E-state index in [0.29, 0.717) is 0 Å². The van der Waals surface area contributed by atoms with Gasteiger partial charge in [-0.1, -0.05) is 34.6 Å². The fraction of sp³-hybridized carbons (Fsp3) is 0.273. The van der Waals surface area contributed by atoms with E-state index in [-0.39, 0.29) is 5.75 Å². The number of benzene rings is 1. The Bertz CT molecular complexity index is 356. The monoisotopic (exact) mass is 294 g/mol. The molecule has 0 amide bonds. The van der Waals surface area contributed by atoms with Crippen molar-refractivity contribution in [2.75, 3.05) is 0 Å². The van der Waals surface area contributed by atoms with Crippen molar-refractivity contribution in [2.24, 2.45) is 0 Å². The van der Waals surface area contributed by atoms with Crippen molar-refractivity contribution in [1.29, 1.82) is 0 Å². The van der Waals surface area contributed by atoms with Gasteiger partial charge >= 0.3 is 6.36 Å². The van der Waals surface area contributed by atoms with Gasteiger partial charge in [-0.2, -0.15) is 0 Å². The van der Waals surface area contributed by atoms with Crippen LogP contribution in [-0.2, 0) is 6.42 Å². The molecule has 0 unspecified atom stereocenters. The first kappa shape index (κ1) is 13.1. The third-order valence-corrected chi connectivity index (χ3v) is 2.24. The molecular formula is C11H10BrF3O. The SMILES string of the molecule is C=C(Br)CCc1ccc(OC(F)(F)F)cc1. The largest absolute Gasteiger partial charge is 0.573 e. The molecule has 0 spiro atoms. The molecule has 16 heavy (non-hydrogen) atoms. The Labute approximate surface area is 100 Å². The van der Waals surface area contributed by atoms with Crippen LogP contribution >= 0.6 is 15.9 Å². The molecule has 0 atom stereocenters. The zero-order valence-electron chi connectivity index (χ0n) is 8.35. The maximum absolute atomic E-state index is 11.9. The van der Waals surface area contributed by atoms with Gasteiger partial charge in [-0.05, 0) is 35.0 Å². The predicted molar refractivity (Wildman–Crippen MR) is 59.5 cm³/mol. The summed E-state index contributed by atoms with van der Waals surface area (Å²) in [6.45, 7) is 3.68. The van der Waals surface area contributed by atoms with E-state index >= 15 is 0 Å². The van der Waals surface area contributed by atoms with Gasteiger partial charge in [0.1, 0.15) is 5.75 Å². The van der Waals surface area contributed by atoms with Gasteiger partial charge in [0.25, 0.3) is 0 Å². The molecule has 0 heterocycles. The minimum atomic E-state index is -4.63. The fourth-order valence-corrected chi connectivity index (χ4v) is 1.34. The van der Waals surface area contributed by atoms with Crippen LogP contribution in [0.2, 0.25) is 0 Å². The van der Waals surface area contributed by atoms with Gasteiger partial charge in [-0.25, -0.2) is 0 Å². The van der Waals surface area contributed by atoms with Crippen molar-refractivity contribution in [3.05, 3.63) is 40.9 Å². The smallest absolute Gasteiger partial charge is 0.406 e. The fourth-order valence-electron chi connectivity index (χ4n) is 1.14. The van der Waals surface area contributed by atoms with Crippen molar-refractivity contribution in [1.82, 2.24) is 0 Å². The first-order valence-electron chi connectivity index (χ1n) is 4.55. The quantitative estimate of drug-likeness (QED) is 0.798. The highest BCUT2D eigenvalue weighted by molar-refractivity contribution is 9.11. The molecule has 0 fully saturated rings. The van der Waals surface area contributed by atoms with Crippen LogP contribution in [0.4, 0.5) is 13.2 Å². The van der Waals surface area contributed by atoms with Crippen molar-refractivity contribution < 1.29 is 17.9 Å². The molecule has 0 aliphatic heterocycles. The molecule has 0 aliphatic rings. The summed E-state index contributed by atoms with van der Waals surface area (Å²) < 4.78 is 40.2. The average Bonchev–Trinajstić information content (AvgIpc) is 2.14. The minimum Gasteiger partial charge on any atom is -0.406 e. The Morgan fingerprint density at radius 1 is 1.25 bits per heavy atom. The molecule has 0 aliphatic carbocycles. The topological polar surface area (TPSA) is 9.23 Å². The van der Waals surface area contributed by atoms with E-state index < -0.39 is 6.36 Å². The lowest BCUT2D eigenvalue weighted by molar-refractivity contribution is -0.274. The summed E-state index contributed by atoms with van der Waals surface area (Å²) in [5.41, 5.74) is 0.940. The first-order chi connectivity index (χ1) is 7.37. The van der Waals surface area contributed by atoms with Crippen molar-refractivity contribution in [3.8, 4) is 5.75 Å². The number of alkyl halides is 3. The third-order valence-electron chi connectivity index (χ3n) is 1.84. The van der Waals surface area contributed by atoms with Gasteiger partial charge in [0, 0.05) is 0 Å². The van der Waals surface area contributed by atoms with Crippen LogP contribution in [0.25, 0.3) is 0 Å². The van der Waals surface area contributed by atoms with E-state index in [2.05, 4.69) is 27.2 Å². The van der Waals surface area contributed by atoms with E-state index in [1.807, 2.05) is 0 Å². The lowest BCUT2D eigenvalue weighted by atomic mass is 10.1. The average molecular weight is 295 g/mol. The van der Waals surface area contributed by atoms with Gasteiger partial charge in [-0.15, -0.1) is 13.2 Å². The Hall–Kier alpha value is -0.970. The van der Waals surface area contributed by atoms with Crippen LogP contribution < -0.4 is 4.74 Å². The van der Waals surface area contributed by atoms with Crippen LogP contribution in [-0.4, -0.2) is 6.36 Å². The summed E-state index contributed by atoms with van der Waals surface area (Å²) >= 11 is 3.22. The molecule has 88 valence electrons. The minimum absolute atomic E-state index is 0.200. The summed E-state index contributed by atoms with van der Waals surface area (Å²) in [5, 5.41) is 0. The Morgan fingerprint density at radius 3 is 2.25 bits per heavy atom. The lowest BCUT2D eigenvalue weighted by Gasteiger charge is -2.09. The molecule has 0 N–H and O–H groups in total. The van der Waals surface area contributed by atoms with Gasteiger partial charge in [-0.3, -0.25) is 0 Å². The molecule has 0 saturated carbocycles. The predicted octanol–water partition coefficient (Wildman–Crippen LogP) is 4.43. The number of allylic oxidation sites excluding steroid dienone is 1. The lowest BCUT2D eigenvalue weighted by Crippen LogP contribution is -2.17. The van der Waals surface area contributed by atoms with E-state index in [9.17, 15) is 13.2 Å². The molecule has 1 rings (SSSR count). The van der Waals surface area contributed by atoms with Crippen LogP contribution in [0.3, 0.4) is 0 Å². The van der Waals surface area contributed by atoms with Gasteiger partial charge in [0.15, 0.2) is 0 Å². The molecular weight excluding hydrogens is 285 g/mol. The number of halogens is 4. The van der Waals surface area contributed by atoms with Crippen LogP contribution in [0, 0.1) is 0 Å². The highest BCUT2D eigenvalue weighted by atomic mass is 79.9. The van der Waals surface area contributed by atoms with E-state index in [0.717, 1.165) is 22.9 Å². The maximum Gasteiger partial charge on any atom is 0.573 e. The Morgan fingerprint density at radius 2 is 1.81 bits per heavy atom. The third kappa shape index (κ3) is 5.21. The second-order valence-corrected chi connectivity index (χ2v) is 4.33. The zero-order chi connectivity index (χ0) is 12.2. The Balaban J connectivity index is 2.57. The zero-order valence-corrected chi connectivity index (χ0v) is 9.94. The van der Waals surface area contributed by atoms with Crippen molar-refractivity contribution in [3.63, 3.8) is 0 Å². The number of ether oxygens (including phenoxy) is 1. The number of aryl methyl sites for hydroxylation is 1. The van der Waals surface area contributed by atoms with E-state index in [1.54, 1.807) is 12.1 Å². The molecule has 0 saturated heterocycles. The summed E-state index contributed by atoms with van der Waals surface area (Å²) in [5.74, 6) is -0.200. The number of hydrogen-bond acceptors (Lipinski definition) is 1. The van der Waals surface area contributed by atoms with Gasteiger partial charge < -0.3 is 4.74 Å². The van der Waals surface area contributed by atoms with Gasteiger partial charge in [0.2, 0.25) is 0 Å². The van der Waals surface area contributed by atoms with Crippen LogP contribution in [0.5, 0.6) is 5.75 Å². The highest BCUT2D eigenvalue weighted by Crippen LogP contribution is 2.23. The maximum atomic E-state index is 11.9. The van der Waals surface area contributed by atoms with Crippen LogP contribution in [0.1, 0.15) is 12.0 Å². The van der Waals surface area contributed by atoms with Gasteiger partial charge in [0.05, 0.1) is 0 Å². The molecule has 1 aromatic carbocycles. The molecule has 5 heteroatoms. The number of hydrogen-bond donors (Lipinski definition) is 0. The molecule has 0 bridgehead atoms. The van der Waals surface area contributed by atoms with Crippen molar-refractivity contribution >= 4 is 15.9 Å². The standard InChI is InChI=1S/C11H10BrF3O/c1-8(12)2-3-9-4-6-10(7-5-9)16-11(13,14)15/h4-7H,1-3H2. The van der Waals surface area contributed by atoms with Crippen molar-refractivity contribution in [2.45, 2.75) is 19.2 Å². The molecule has 0 aromatic heterocycles. The summed E-state index contributed by atoms with van der Waals surface area (Å²) in [6.07, 6.45) is -3.15. The molecule has 1 aromatic rings. The second kappa shape index (κ2) is 5.39. The summed E-state index contributed by atoms with van der Waals surface area (Å²) in [6, 6.07) is 5.83. The molecule has 1 nitrogen and oxygen atoms in total. The summed E-state index contributed by atoms with van der Waals surface area (Å²) in [4.78, 5) is 0. The highest BCUT2D eigenvalue weighted by Gasteiger charge is 2.30. The molecule has 0 radical (unpaired) electrons. The van der Waals surface area contributed by atoms with E-state index in [1.165, 1.54) is 12.1 Å². The second-order valence-electron chi connectivity index (χ2n) is 3.21. The van der Waals surface area contributed by atoms with Crippen LogP contribution in [0.15, 0.2) is 35.3 Å². The normalized spacial score (nSPS) is 11.2. The summed E-state index contributed by atoms with van der Waals surface area (Å²) in [7, 11) is 0. The van der Waals surface area contributed by atoms with E-state index in [4.69, 9.17) is 0 Å². The first-order valence-corrected chi connectivity index (χ1v) is 5.34. The Kier molecular flexibility index (Phi) is 4.41.